The average Bonchev–Trinajstić information content (AvgIpc) is 2.92. The molecule has 1 N–H and O–H groups in total. The fourth-order valence-corrected chi connectivity index (χ4v) is 3.82. The highest BCUT2D eigenvalue weighted by molar-refractivity contribution is 5.98. The summed E-state index contributed by atoms with van der Waals surface area (Å²) in [6, 6.07) is 14.0. The van der Waals surface area contributed by atoms with Gasteiger partial charge in [0, 0.05) is 13.7 Å². The lowest BCUT2D eigenvalue weighted by Crippen LogP contribution is -2.40. The molecule has 1 amide bonds. The molecule has 2 rings (SSSR count). The molecule has 0 spiro atoms. The molecule has 0 radical (unpaired) electrons. The molecule has 2 aromatic rings. The minimum absolute atomic E-state index is 0.0806. The van der Waals surface area contributed by atoms with Crippen molar-refractivity contribution in [2.45, 2.75) is 86.8 Å². The van der Waals surface area contributed by atoms with Crippen molar-refractivity contribution in [3.8, 4) is 5.75 Å². The van der Waals surface area contributed by atoms with Crippen molar-refractivity contribution in [1.29, 1.82) is 0 Å². The number of hydrogen-bond donors (Lipinski definition) is 1. The predicted octanol–water partition coefficient (Wildman–Crippen LogP) is 6.03. The van der Waals surface area contributed by atoms with Crippen molar-refractivity contribution in [1.82, 2.24) is 10.3 Å². The Morgan fingerprint density at radius 1 is 1.00 bits per heavy atom. The molecule has 0 aliphatic carbocycles. The molecule has 0 aliphatic rings. The Kier molecular flexibility index (Phi) is 14.6. The van der Waals surface area contributed by atoms with E-state index < -0.39 is 11.6 Å². The van der Waals surface area contributed by atoms with Crippen molar-refractivity contribution >= 4 is 17.6 Å². The average molecular weight is 570 g/mol. The Morgan fingerprint density at radius 2 is 1.63 bits per heavy atom. The Labute approximate surface area is 247 Å². The molecule has 0 saturated carbocycles. The van der Waals surface area contributed by atoms with Crippen LogP contribution in [-0.4, -0.2) is 61.6 Å². The van der Waals surface area contributed by atoms with Crippen LogP contribution in [0.3, 0.4) is 0 Å². The van der Waals surface area contributed by atoms with E-state index in [1.54, 1.807) is 39.0 Å². The molecule has 0 saturated heterocycles. The van der Waals surface area contributed by atoms with Crippen LogP contribution in [0.1, 0.15) is 84.6 Å². The summed E-state index contributed by atoms with van der Waals surface area (Å²) in [6.45, 7) is 21.2. The van der Waals surface area contributed by atoms with Crippen LogP contribution in [0.2, 0.25) is 0 Å². The lowest BCUT2D eigenvalue weighted by molar-refractivity contribution is -0.158. The summed E-state index contributed by atoms with van der Waals surface area (Å²) in [7, 11) is 1.63. The van der Waals surface area contributed by atoms with Crippen molar-refractivity contribution in [2.24, 2.45) is 5.10 Å². The third kappa shape index (κ3) is 11.9. The zero-order valence-corrected chi connectivity index (χ0v) is 27.0. The number of nitrogens with zero attached hydrogens (tertiary/aromatic N) is 2. The summed E-state index contributed by atoms with van der Waals surface area (Å²) in [5, 5.41) is 9.41. The quantitative estimate of drug-likeness (QED) is 0.180. The first kappa shape index (κ1) is 35.6. The summed E-state index contributed by atoms with van der Waals surface area (Å²) < 4.78 is 16.2. The van der Waals surface area contributed by atoms with Crippen LogP contribution in [-0.2, 0) is 31.0 Å². The summed E-state index contributed by atoms with van der Waals surface area (Å²) >= 11 is 0. The van der Waals surface area contributed by atoms with Gasteiger partial charge in [0.1, 0.15) is 12.3 Å². The van der Waals surface area contributed by atoms with Crippen molar-refractivity contribution in [3.05, 3.63) is 64.7 Å². The maximum absolute atomic E-state index is 12.8. The van der Waals surface area contributed by atoms with Crippen LogP contribution >= 0.6 is 0 Å². The van der Waals surface area contributed by atoms with E-state index in [1.165, 1.54) is 5.56 Å². The Hall–Kier alpha value is -3.39. The molecule has 41 heavy (non-hydrogen) atoms. The number of carbonyl (C=O) groups excluding carboxylic acids is 2. The monoisotopic (exact) mass is 569 g/mol. The zero-order chi connectivity index (χ0) is 31.2. The van der Waals surface area contributed by atoms with Gasteiger partial charge in [0.25, 0.3) is 0 Å². The van der Waals surface area contributed by atoms with Gasteiger partial charge in [-0.2, -0.15) is 5.10 Å². The van der Waals surface area contributed by atoms with E-state index in [0.717, 1.165) is 22.4 Å². The molecule has 8 nitrogen and oxygen atoms in total. The summed E-state index contributed by atoms with van der Waals surface area (Å²) in [6.07, 6.45) is 0. The van der Waals surface area contributed by atoms with E-state index in [9.17, 15) is 9.59 Å². The Balaban J connectivity index is 0.00000411. The second kappa shape index (κ2) is 16.8. The van der Waals surface area contributed by atoms with Crippen LogP contribution in [0.15, 0.2) is 47.6 Å². The number of carbonyl (C=O) groups is 2. The van der Waals surface area contributed by atoms with Crippen LogP contribution in [0.5, 0.6) is 5.75 Å². The number of methoxy groups -OCH3 is 1. The van der Waals surface area contributed by atoms with Gasteiger partial charge in [-0.15, -0.1) is 0 Å². The lowest BCUT2D eigenvalue weighted by atomic mass is 9.86. The molecular weight excluding hydrogens is 518 g/mol. The summed E-state index contributed by atoms with van der Waals surface area (Å²) in [5.74, 6) is 0.0277. The first-order valence-electron chi connectivity index (χ1n) is 14.4. The number of amides is 1. The Bertz CT molecular complexity index is 1130. The number of esters is 1. The van der Waals surface area contributed by atoms with E-state index in [4.69, 9.17) is 19.3 Å². The van der Waals surface area contributed by atoms with Gasteiger partial charge in [-0.3, -0.25) is 9.80 Å². The van der Waals surface area contributed by atoms with E-state index >= 15 is 0 Å². The molecule has 228 valence electrons. The molecule has 0 aliphatic heterocycles. The minimum Gasteiger partial charge on any atom is -0.476 e. The fraction of sp³-hybridized carbons (Fsp3) is 0.545. The standard InChI is InChI=1S/C31H45N3O5.C2H6/c1-10-38-29(36)31(7,8)39-27-16-11-24(19-22(27)2)20-32-28(35)21-34(17-18-37-9)33-23(3)25-12-14-26(15-13-25)30(4,5)6;1-2/h11-16,19H,10,17-18,20-21H2,1-9H3,(H,32,35);1-2H3/b33-23+;. The van der Waals surface area contributed by atoms with E-state index in [1.807, 2.05) is 39.8 Å². The van der Waals surface area contributed by atoms with Gasteiger partial charge in [-0.05, 0) is 68.4 Å². The van der Waals surface area contributed by atoms with E-state index in [-0.39, 0.29) is 17.9 Å². The third-order valence-electron chi connectivity index (χ3n) is 6.20. The van der Waals surface area contributed by atoms with E-state index in [0.29, 0.717) is 32.1 Å². The van der Waals surface area contributed by atoms with Gasteiger partial charge < -0.3 is 19.5 Å². The van der Waals surface area contributed by atoms with E-state index in [2.05, 4.69) is 50.4 Å². The number of rotatable bonds is 13. The number of ether oxygens (including phenoxy) is 3. The van der Waals surface area contributed by atoms with Crippen LogP contribution in [0, 0.1) is 6.92 Å². The lowest BCUT2D eigenvalue weighted by Gasteiger charge is -2.25. The molecule has 8 heteroatoms. The topological polar surface area (TPSA) is 89.5 Å². The largest absolute Gasteiger partial charge is 0.476 e. The van der Waals surface area contributed by atoms with Gasteiger partial charge in [0.2, 0.25) is 5.91 Å². The number of aryl methyl sites for hydroxylation is 1. The number of hydrogen-bond acceptors (Lipinski definition) is 7. The molecule has 0 atom stereocenters. The van der Waals surface area contributed by atoms with Crippen LogP contribution in [0.4, 0.5) is 0 Å². The van der Waals surface area contributed by atoms with Crippen molar-refractivity contribution < 1.29 is 23.8 Å². The fourth-order valence-electron chi connectivity index (χ4n) is 3.82. The van der Waals surface area contributed by atoms with Crippen LogP contribution in [0.25, 0.3) is 0 Å². The number of hydrazone groups is 1. The highest BCUT2D eigenvalue weighted by Crippen LogP contribution is 2.25. The normalized spacial score (nSPS) is 11.7. The molecular formula is C33H51N3O5. The Morgan fingerprint density at radius 3 is 2.17 bits per heavy atom. The number of nitrogens with one attached hydrogen (secondary N) is 1. The number of benzene rings is 2. The van der Waals surface area contributed by atoms with Gasteiger partial charge >= 0.3 is 5.97 Å². The van der Waals surface area contributed by atoms with Gasteiger partial charge in [-0.1, -0.05) is 71.0 Å². The predicted molar refractivity (Wildman–Crippen MR) is 167 cm³/mol. The third-order valence-corrected chi connectivity index (χ3v) is 6.20. The maximum Gasteiger partial charge on any atom is 0.349 e. The first-order chi connectivity index (χ1) is 19.3. The molecule has 0 bridgehead atoms. The molecule has 0 fully saturated rings. The molecule has 0 heterocycles. The van der Waals surface area contributed by atoms with Gasteiger partial charge in [-0.25, -0.2) is 4.79 Å². The molecule has 0 unspecified atom stereocenters. The van der Waals surface area contributed by atoms with Crippen molar-refractivity contribution in [3.63, 3.8) is 0 Å². The minimum atomic E-state index is -1.10. The highest BCUT2D eigenvalue weighted by Gasteiger charge is 2.32. The second-order valence-electron chi connectivity index (χ2n) is 11.1. The highest BCUT2D eigenvalue weighted by atomic mass is 16.6. The van der Waals surface area contributed by atoms with Crippen molar-refractivity contribution in [2.75, 3.05) is 33.4 Å². The SMILES string of the molecule is CC.CCOC(=O)C(C)(C)Oc1ccc(CNC(=O)CN(CCOC)/N=C(\C)c2ccc(C(C)(C)C)cc2)cc1C. The van der Waals surface area contributed by atoms with Gasteiger partial charge in [0.05, 0.1) is 25.5 Å². The summed E-state index contributed by atoms with van der Waals surface area (Å²) in [4.78, 5) is 25.0. The second-order valence-corrected chi connectivity index (χ2v) is 11.1. The first-order valence-corrected chi connectivity index (χ1v) is 14.4. The summed E-state index contributed by atoms with van der Waals surface area (Å²) in [5.41, 5.74) is 3.85. The molecule has 2 aromatic carbocycles. The van der Waals surface area contributed by atoms with Crippen LogP contribution < -0.4 is 10.1 Å². The van der Waals surface area contributed by atoms with Gasteiger partial charge in [0.15, 0.2) is 5.60 Å². The maximum atomic E-state index is 12.8. The zero-order valence-electron chi connectivity index (χ0n) is 27.0. The molecule has 0 aromatic heterocycles. The smallest absolute Gasteiger partial charge is 0.349 e.